The van der Waals surface area contributed by atoms with Crippen LogP contribution in [0.4, 0.5) is 0 Å². The van der Waals surface area contributed by atoms with Crippen molar-refractivity contribution in [1.82, 2.24) is 15.5 Å². The fourth-order valence-electron chi connectivity index (χ4n) is 2.37. The van der Waals surface area contributed by atoms with Crippen LogP contribution in [-0.2, 0) is 0 Å². The zero-order valence-electron chi connectivity index (χ0n) is 11.4. The summed E-state index contributed by atoms with van der Waals surface area (Å²) in [7, 11) is 2.21. The number of thioether (sulfide) groups is 1. The quantitative estimate of drug-likeness (QED) is 0.722. The standard InChI is InChI=1S/C12H24N4S.HI/c1-16-8-4-12(17-2,5-9-16)10-15-11-13-6-3-7-14-11;/h3-10H2,1-2H3,(H2,13,14,15);1H. The summed E-state index contributed by atoms with van der Waals surface area (Å²) in [6.07, 6.45) is 5.93. The maximum atomic E-state index is 4.47. The Hall–Kier alpha value is 0.310. The number of nitrogens with zero attached hydrogens (tertiary/aromatic N) is 2. The lowest BCUT2D eigenvalue weighted by molar-refractivity contribution is 0.239. The van der Waals surface area contributed by atoms with Crippen LogP contribution in [0.3, 0.4) is 0 Å². The van der Waals surface area contributed by atoms with Gasteiger partial charge in [0.05, 0.1) is 0 Å². The fraction of sp³-hybridized carbons (Fsp3) is 0.917. The van der Waals surface area contributed by atoms with E-state index >= 15 is 0 Å². The monoisotopic (exact) mass is 384 g/mol. The third-order valence-corrected chi connectivity index (χ3v) is 5.23. The van der Waals surface area contributed by atoms with Gasteiger partial charge in [-0.05, 0) is 45.7 Å². The van der Waals surface area contributed by atoms with Gasteiger partial charge in [0.1, 0.15) is 0 Å². The Morgan fingerprint density at radius 3 is 2.72 bits per heavy atom. The zero-order valence-corrected chi connectivity index (χ0v) is 14.5. The molecule has 0 atom stereocenters. The second-order valence-corrected chi connectivity index (χ2v) is 6.33. The van der Waals surface area contributed by atoms with Gasteiger partial charge in [-0.2, -0.15) is 11.8 Å². The molecular weight excluding hydrogens is 359 g/mol. The van der Waals surface area contributed by atoms with Crippen molar-refractivity contribution < 1.29 is 0 Å². The Kier molecular flexibility index (Phi) is 7.08. The van der Waals surface area contributed by atoms with Crippen molar-refractivity contribution >= 4 is 41.7 Å². The molecule has 2 aliphatic heterocycles. The first kappa shape index (κ1) is 16.4. The Labute approximate surface area is 132 Å². The SMILES string of the molecule is CSC1(CNC2=NCCCN2)CCN(C)CC1.I. The van der Waals surface area contributed by atoms with E-state index in [-0.39, 0.29) is 24.0 Å². The molecule has 0 amide bonds. The molecule has 2 aliphatic rings. The smallest absolute Gasteiger partial charge is 0.191 e. The first-order chi connectivity index (χ1) is 8.24. The highest BCUT2D eigenvalue weighted by Crippen LogP contribution is 2.33. The molecule has 1 saturated heterocycles. The first-order valence-corrected chi connectivity index (χ1v) is 7.72. The molecular formula is C12H25IN4S. The molecule has 18 heavy (non-hydrogen) atoms. The van der Waals surface area contributed by atoms with Crippen LogP contribution in [0, 0.1) is 0 Å². The minimum absolute atomic E-state index is 0. The van der Waals surface area contributed by atoms with E-state index in [0.717, 1.165) is 32.0 Å². The molecule has 0 spiro atoms. The van der Waals surface area contributed by atoms with Gasteiger partial charge < -0.3 is 15.5 Å². The number of hydrogen-bond donors (Lipinski definition) is 2. The van der Waals surface area contributed by atoms with E-state index < -0.39 is 0 Å². The van der Waals surface area contributed by atoms with E-state index in [1.807, 2.05) is 11.8 Å². The molecule has 0 aromatic heterocycles. The van der Waals surface area contributed by atoms with E-state index in [0.29, 0.717) is 4.75 Å². The number of hydrogen-bond acceptors (Lipinski definition) is 5. The van der Waals surface area contributed by atoms with Crippen molar-refractivity contribution in [3.8, 4) is 0 Å². The van der Waals surface area contributed by atoms with Crippen molar-refractivity contribution in [2.75, 3.05) is 46.0 Å². The minimum atomic E-state index is 0. The van der Waals surface area contributed by atoms with E-state index in [4.69, 9.17) is 0 Å². The summed E-state index contributed by atoms with van der Waals surface area (Å²) in [5.41, 5.74) is 0. The summed E-state index contributed by atoms with van der Waals surface area (Å²) in [6.45, 7) is 5.48. The number of nitrogens with one attached hydrogen (secondary N) is 2. The number of likely N-dealkylation sites (tertiary alicyclic amines) is 1. The summed E-state index contributed by atoms with van der Waals surface area (Å²) >= 11 is 2.01. The Balaban J connectivity index is 0.00000162. The minimum Gasteiger partial charge on any atom is -0.356 e. The highest BCUT2D eigenvalue weighted by molar-refractivity contribution is 14.0. The van der Waals surface area contributed by atoms with Gasteiger partial charge in [-0.15, -0.1) is 24.0 Å². The summed E-state index contributed by atoms with van der Waals surface area (Å²) in [5, 5.41) is 6.83. The maximum Gasteiger partial charge on any atom is 0.191 e. The highest BCUT2D eigenvalue weighted by atomic mass is 127. The number of piperidine rings is 1. The molecule has 2 N–H and O–H groups in total. The summed E-state index contributed by atoms with van der Waals surface area (Å²) in [4.78, 5) is 6.89. The van der Waals surface area contributed by atoms with Gasteiger partial charge >= 0.3 is 0 Å². The second kappa shape index (κ2) is 7.79. The highest BCUT2D eigenvalue weighted by Gasteiger charge is 2.32. The topological polar surface area (TPSA) is 39.7 Å². The van der Waals surface area contributed by atoms with Crippen LogP contribution in [0.5, 0.6) is 0 Å². The third kappa shape index (κ3) is 4.45. The maximum absolute atomic E-state index is 4.47. The van der Waals surface area contributed by atoms with Crippen LogP contribution in [0.1, 0.15) is 19.3 Å². The summed E-state index contributed by atoms with van der Waals surface area (Å²) in [6, 6.07) is 0. The van der Waals surface area contributed by atoms with Gasteiger partial charge in [0, 0.05) is 24.4 Å². The van der Waals surface area contributed by atoms with E-state index in [2.05, 4.69) is 33.8 Å². The van der Waals surface area contributed by atoms with Crippen molar-refractivity contribution in [3.05, 3.63) is 0 Å². The van der Waals surface area contributed by atoms with Crippen LogP contribution < -0.4 is 10.6 Å². The average Bonchev–Trinajstić information content (AvgIpc) is 2.40. The number of halogens is 1. The summed E-state index contributed by atoms with van der Waals surface area (Å²) in [5.74, 6) is 1.00. The molecule has 0 saturated carbocycles. The Morgan fingerprint density at radius 2 is 2.17 bits per heavy atom. The molecule has 4 nitrogen and oxygen atoms in total. The van der Waals surface area contributed by atoms with E-state index in [1.165, 1.54) is 25.9 Å². The second-order valence-electron chi connectivity index (χ2n) is 5.05. The zero-order chi connectivity index (χ0) is 12.1. The van der Waals surface area contributed by atoms with Gasteiger partial charge in [-0.25, -0.2) is 0 Å². The molecule has 106 valence electrons. The number of aliphatic imine (C=N–C) groups is 1. The van der Waals surface area contributed by atoms with Crippen molar-refractivity contribution in [1.29, 1.82) is 0 Å². The van der Waals surface area contributed by atoms with Crippen molar-refractivity contribution in [3.63, 3.8) is 0 Å². The normalized spacial score (nSPS) is 23.6. The predicted octanol–water partition coefficient (Wildman–Crippen LogP) is 1.37. The van der Waals surface area contributed by atoms with Crippen molar-refractivity contribution in [2.45, 2.75) is 24.0 Å². The van der Waals surface area contributed by atoms with Gasteiger partial charge in [0.15, 0.2) is 5.96 Å². The Morgan fingerprint density at radius 1 is 1.44 bits per heavy atom. The number of rotatable bonds is 3. The van der Waals surface area contributed by atoms with Crippen LogP contribution in [0.25, 0.3) is 0 Å². The number of guanidine groups is 1. The first-order valence-electron chi connectivity index (χ1n) is 6.50. The Bertz CT molecular complexity index is 277. The molecule has 2 heterocycles. The third-order valence-electron chi connectivity index (χ3n) is 3.81. The largest absolute Gasteiger partial charge is 0.356 e. The lowest BCUT2D eigenvalue weighted by atomic mass is 9.96. The average molecular weight is 384 g/mol. The van der Waals surface area contributed by atoms with Gasteiger partial charge in [-0.1, -0.05) is 0 Å². The molecule has 2 rings (SSSR count). The lowest BCUT2D eigenvalue weighted by Crippen LogP contribution is -2.51. The fourth-order valence-corrected chi connectivity index (χ4v) is 3.18. The molecule has 6 heteroatoms. The molecule has 1 fully saturated rings. The van der Waals surface area contributed by atoms with Gasteiger partial charge in [-0.3, -0.25) is 4.99 Å². The molecule has 0 bridgehead atoms. The van der Waals surface area contributed by atoms with Gasteiger partial charge in [0.25, 0.3) is 0 Å². The molecule has 0 aromatic carbocycles. The van der Waals surface area contributed by atoms with E-state index in [9.17, 15) is 0 Å². The van der Waals surface area contributed by atoms with E-state index in [1.54, 1.807) is 0 Å². The van der Waals surface area contributed by atoms with Crippen molar-refractivity contribution in [2.24, 2.45) is 4.99 Å². The van der Waals surface area contributed by atoms with Crippen LogP contribution in [-0.4, -0.2) is 61.6 Å². The molecule has 0 aromatic rings. The van der Waals surface area contributed by atoms with Crippen LogP contribution >= 0.6 is 35.7 Å². The molecule has 0 radical (unpaired) electrons. The molecule has 0 aliphatic carbocycles. The summed E-state index contributed by atoms with van der Waals surface area (Å²) < 4.78 is 0.397. The van der Waals surface area contributed by atoms with Gasteiger partial charge in [0.2, 0.25) is 0 Å². The van der Waals surface area contributed by atoms with Crippen LogP contribution in [0.15, 0.2) is 4.99 Å². The van der Waals surface area contributed by atoms with Crippen LogP contribution in [0.2, 0.25) is 0 Å². The molecule has 0 unspecified atom stereocenters. The predicted molar refractivity (Wildman–Crippen MR) is 91.3 cm³/mol. The lowest BCUT2D eigenvalue weighted by Gasteiger charge is -2.40.